The molecule has 0 N–H and O–H groups in total. The highest BCUT2D eigenvalue weighted by molar-refractivity contribution is 4.90. The Kier molecular flexibility index (Phi) is 3.42. The van der Waals surface area contributed by atoms with Gasteiger partial charge >= 0.3 is 0 Å². The zero-order valence-corrected chi connectivity index (χ0v) is 11.0. The number of fused-ring (bicyclic) bond motifs is 1. The summed E-state index contributed by atoms with van der Waals surface area (Å²) in [7, 11) is 0. The van der Waals surface area contributed by atoms with Gasteiger partial charge < -0.3 is 0 Å². The van der Waals surface area contributed by atoms with E-state index in [1.54, 1.807) is 0 Å². The first-order valence-electron chi connectivity index (χ1n) is 7.09. The average Bonchev–Trinajstić information content (AvgIpc) is 2.17. The minimum atomic E-state index is 0.912. The molecule has 0 spiro atoms. The van der Waals surface area contributed by atoms with Gasteiger partial charge in [-0.2, -0.15) is 0 Å². The van der Waals surface area contributed by atoms with Gasteiger partial charge in [0.05, 0.1) is 0 Å². The van der Waals surface area contributed by atoms with Crippen molar-refractivity contribution in [2.24, 2.45) is 35.5 Å². The Balaban J connectivity index is 2.10. The Hall–Kier alpha value is 0. The van der Waals surface area contributed by atoms with Crippen molar-refractivity contribution in [2.45, 2.75) is 59.8 Å². The first-order chi connectivity index (χ1) is 7.09. The molecule has 0 aromatic rings. The van der Waals surface area contributed by atoms with E-state index in [9.17, 15) is 0 Å². The molecule has 0 heterocycles. The topological polar surface area (TPSA) is 0 Å². The standard InChI is InChI=1S/C15H28/c1-10(2)13-8-6-12(4)14-7-5-11(3)9-15(13)14/h10-15H,5-9H2,1-4H3/t11?,12?,13?,14-,15+/m0/s1. The highest BCUT2D eigenvalue weighted by Gasteiger charge is 2.41. The third kappa shape index (κ3) is 2.24. The third-order valence-electron chi connectivity index (χ3n) is 5.31. The van der Waals surface area contributed by atoms with Crippen molar-refractivity contribution in [1.82, 2.24) is 0 Å². The molecule has 2 aliphatic rings. The van der Waals surface area contributed by atoms with E-state index in [1.165, 1.54) is 32.1 Å². The fourth-order valence-corrected chi connectivity index (χ4v) is 4.36. The second-order valence-corrected chi connectivity index (χ2v) is 6.71. The van der Waals surface area contributed by atoms with Crippen LogP contribution >= 0.6 is 0 Å². The van der Waals surface area contributed by atoms with Crippen molar-refractivity contribution in [2.75, 3.05) is 0 Å². The van der Waals surface area contributed by atoms with Crippen molar-refractivity contribution in [1.29, 1.82) is 0 Å². The quantitative estimate of drug-likeness (QED) is 0.584. The zero-order valence-electron chi connectivity index (χ0n) is 11.0. The summed E-state index contributed by atoms with van der Waals surface area (Å²) in [6, 6.07) is 0. The molecule has 2 fully saturated rings. The molecule has 2 saturated carbocycles. The summed E-state index contributed by atoms with van der Waals surface area (Å²) in [5.74, 6) is 6.10. The lowest BCUT2D eigenvalue weighted by molar-refractivity contribution is 0.0182. The predicted molar refractivity (Wildman–Crippen MR) is 66.7 cm³/mol. The summed E-state index contributed by atoms with van der Waals surface area (Å²) < 4.78 is 0. The van der Waals surface area contributed by atoms with Crippen molar-refractivity contribution in [3.05, 3.63) is 0 Å². The predicted octanol–water partition coefficient (Wildman–Crippen LogP) is 4.74. The van der Waals surface area contributed by atoms with Crippen LogP contribution in [0.4, 0.5) is 0 Å². The van der Waals surface area contributed by atoms with E-state index >= 15 is 0 Å². The van der Waals surface area contributed by atoms with Gasteiger partial charge in [0.25, 0.3) is 0 Å². The largest absolute Gasteiger partial charge is 0.0625 e. The maximum Gasteiger partial charge on any atom is -0.0350 e. The lowest BCUT2D eigenvalue weighted by Crippen LogP contribution is -2.39. The normalized spacial score (nSPS) is 46.6. The highest BCUT2D eigenvalue weighted by Crippen LogP contribution is 2.50. The summed E-state index contributed by atoms with van der Waals surface area (Å²) in [6.45, 7) is 9.85. The van der Waals surface area contributed by atoms with Gasteiger partial charge in [0.1, 0.15) is 0 Å². The van der Waals surface area contributed by atoms with E-state index in [-0.39, 0.29) is 0 Å². The Morgan fingerprint density at radius 2 is 1.60 bits per heavy atom. The van der Waals surface area contributed by atoms with Crippen molar-refractivity contribution in [3.63, 3.8) is 0 Å². The van der Waals surface area contributed by atoms with Gasteiger partial charge in [-0.15, -0.1) is 0 Å². The SMILES string of the molecule is CC1CC[C@H]2C(C)CCC(C(C)C)[C@H]2C1. The molecule has 5 atom stereocenters. The molecule has 0 saturated heterocycles. The lowest BCUT2D eigenvalue weighted by atomic mass is 9.57. The molecule has 0 radical (unpaired) electrons. The van der Waals surface area contributed by atoms with E-state index in [0.717, 1.165) is 35.5 Å². The fourth-order valence-electron chi connectivity index (χ4n) is 4.36. The van der Waals surface area contributed by atoms with Gasteiger partial charge in [0.2, 0.25) is 0 Å². The van der Waals surface area contributed by atoms with Gasteiger partial charge in [-0.1, -0.05) is 40.5 Å². The van der Waals surface area contributed by atoms with Crippen LogP contribution in [0.15, 0.2) is 0 Å². The van der Waals surface area contributed by atoms with Gasteiger partial charge in [0, 0.05) is 0 Å². The maximum absolute atomic E-state index is 2.50. The van der Waals surface area contributed by atoms with E-state index in [1.807, 2.05) is 0 Å². The molecule has 0 bridgehead atoms. The molecule has 2 aliphatic carbocycles. The molecule has 0 aliphatic heterocycles. The third-order valence-corrected chi connectivity index (χ3v) is 5.31. The van der Waals surface area contributed by atoms with Gasteiger partial charge in [-0.25, -0.2) is 0 Å². The fraction of sp³-hybridized carbons (Fsp3) is 1.00. The monoisotopic (exact) mass is 208 g/mol. The molecule has 0 aromatic heterocycles. The first-order valence-corrected chi connectivity index (χ1v) is 7.09. The second kappa shape index (κ2) is 4.47. The smallest absolute Gasteiger partial charge is 0.0350 e. The summed E-state index contributed by atoms with van der Waals surface area (Å²) in [6.07, 6.45) is 7.55. The Morgan fingerprint density at radius 3 is 2.27 bits per heavy atom. The van der Waals surface area contributed by atoms with Crippen LogP contribution in [0, 0.1) is 35.5 Å². The van der Waals surface area contributed by atoms with Crippen molar-refractivity contribution >= 4 is 0 Å². The van der Waals surface area contributed by atoms with Gasteiger partial charge in [-0.05, 0) is 54.8 Å². The molecule has 2 rings (SSSR count). The molecule has 0 amide bonds. The highest BCUT2D eigenvalue weighted by atomic mass is 14.5. The van der Waals surface area contributed by atoms with Crippen LogP contribution < -0.4 is 0 Å². The van der Waals surface area contributed by atoms with Crippen LogP contribution in [-0.4, -0.2) is 0 Å². The lowest BCUT2D eigenvalue weighted by Gasteiger charge is -2.48. The molecular formula is C15H28. The second-order valence-electron chi connectivity index (χ2n) is 6.71. The number of hydrogen-bond acceptors (Lipinski definition) is 0. The van der Waals surface area contributed by atoms with E-state index in [2.05, 4.69) is 27.7 Å². The van der Waals surface area contributed by atoms with E-state index in [0.29, 0.717) is 0 Å². The van der Waals surface area contributed by atoms with Crippen LogP contribution in [0.2, 0.25) is 0 Å². The Bertz CT molecular complexity index is 202. The van der Waals surface area contributed by atoms with E-state index in [4.69, 9.17) is 0 Å². The molecule has 88 valence electrons. The molecule has 15 heavy (non-hydrogen) atoms. The maximum atomic E-state index is 2.50. The number of hydrogen-bond donors (Lipinski definition) is 0. The Morgan fingerprint density at radius 1 is 0.867 bits per heavy atom. The summed E-state index contributed by atoms with van der Waals surface area (Å²) in [5.41, 5.74) is 0. The summed E-state index contributed by atoms with van der Waals surface area (Å²) in [5, 5.41) is 0. The van der Waals surface area contributed by atoms with Crippen LogP contribution in [0.1, 0.15) is 59.8 Å². The van der Waals surface area contributed by atoms with Gasteiger partial charge in [0.15, 0.2) is 0 Å². The molecular weight excluding hydrogens is 180 g/mol. The van der Waals surface area contributed by atoms with Crippen molar-refractivity contribution < 1.29 is 0 Å². The Labute approximate surface area is 95.8 Å². The van der Waals surface area contributed by atoms with Crippen molar-refractivity contribution in [3.8, 4) is 0 Å². The zero-order chi connectivity index (χ0) is 11.0. The molecule has 0 aromatic carbocycles. The van der Waals surface area contributed by atoms with Crippen LogP contribution in [0.25, 0.3) is 0 Å². The molecule has 0 nitrogen and oxygen atoms in total. The average molecular weight is 208 g/mol. The van der Waals surface area contributed by atoms with Crippen LogP contribution in [0.5, 0.6) is 0 Å². The van der Waals surface area contributed by atoms with Crippen LogP contribution in [0.3, 0.4) is 0 Å². The molecule has 0 heteroatoms. The molecule has 3 unspecified atom stereocenters. The van der Waals surface area contributed by atoms with E-state index < -0.39 is 0 Å². The van der Waals surface area contributed by atoms with Crippen LogP contribution in [-0.2, 0) is 0 Å². The summed E-state index contributed by atoms with van der Waals surface area (Å²) >= 11 is 0. The minimum Gasteiger partial charge on any atom is -0.0625 e. The van der Waals surface area contributed by atoms with Gasteiger partial charge in [-0.3, -0.25) is 0 Å². The first kappa shape index (κ1) is 11.5. The number of rotatable bonds is 1. The minimum absolute atomic E-state index is 0.912. The summed E-state index contributed by atoms with van der Waals surface area (Å²) in [4.78, 5) is 0.